The Hall–Kier alpha value is -0.640. The summed E-state index contributed by atoms with van der Waals surface area (Å²) in [6.07, 6.45) is 5.03. The highest BCUT2D eigenvalue weighted by molar-refractivity contribution is 4.66. The molecule has 0 fully saturated rings. The predicted molar refractivity (Wildman–Crippen MR) is 59.2 cm³/mol. The van der Waals surface area contributed by atoms with Crippen molar-refractivity contribution in [1.82, 2.24) is 0 Å². The van der Waals surface area contributed by atoms with Crippen LogP contribution in [0.15, 0.2) is 25.3 Å². The van der Waals surface area contributed by atoms with Crippen LogP contribution in [0.4, 0.5) is 0 Å². The molecular weight excluding hydrogens is 180 g/mol. The van der Waals surface area contributed by atoms with Gasteiger partial charge in [0.2, 0.25) is 0 Å². The van der Waals surface area contributed by atoms with Gasteiger partial charge in [-0.25, -0.2) is 0 Å². The molecule has 0 heterocycles. The topological polar surface area (TPSA) is 49.7 Å². The Bertz CT molecular complexity index is 112. The molecule has 3 heteroatoms. The SMILES string of the molecule is C=CCCOCCC=C.CC(O)CO. The maximum atomic E-state index is 8.11. The molecule has 0 spiro atoms. The maximum absolute atomic E-state index is 8.11. The van der Waals surface area contributed by atoms with E-state index in [1.165, 1.54) is 6.92 Å². The Kier molecular flexibility index (Phi) is 16.8. The Morgan fingerprint density at radius 2 is 1.57 bits per heavy atom. The van der Waals surface area contributed by atoms with Crippen LogP contribution in [0.3, 0.4) is 0 Å². The van der Waals surface area contributed by atoms with Crippen LogP contribution in [-0.4, -0.2) is 36.1 Å². The average molecular weight is 202 g/mol. The highest BCUT2D eigenvalue weighted by atomic mass is 16.5. The molecule has 0 aromatic heterocycles. The second-order valence-corrected chi connectivity index (χ2v) is 2.80. The van der Waals surface area contributed by atoms with Gasteiger partial charge in [0, 0.05) is 0 Å². The van der Waals surface area contributed by atoms with Gasteiger partial charge in [-0.15, -0.1) is 13.2 Å². The fourth-order valence-corrected chi connectivity index (χ4v) is 0.435. The summed E-state index contributed by atoms with van der Waals surface area (Å²) in [4.78, 5) is 0. The molecule has 0 aliphatic rings. The smallest absolute Gasteiger partial charge is 0.0742 e. The highest BCUT2D eigenvalue weighted by Gasteiger charge is 1.83. The number of hydrogen-bond acceptors (Lipinski definition) is 3. The van der Waals surface area contributed by atoms with Crippen LogP contribution < -0.4 is 0 Å². The fourth-order valence-electron chi connectivity index (χ4n) is 0.435. The van der Waals surface area contributed by atoms with Gasteiger partial charge < -0.3 is 14.9 Å². The first-order valence-electron chi connectivity index (χ1n) is 4.77. The Morgan fingerprint density at radius 1 is 1.21 bits per heavy atom. The van der Waals surface area contributed by atoms with Crippen LogP contribution in [0.5, 0.6) is 0 Å². The van der Waals surface area contributed by atoms with E-state index in [4.69, 9.17) is 14.9 Å². The van der Waals surface area contributed by atoms with Crippen molar-refractivity contribution in [3.05, 3.63) is 25.3 Å². The maximum Gasteiger partial charge on any atom is 0.0742 e. The molecule has 1 atom stereocenters. The van der Waals surface area contributed by atoms with Crippen molar-refractivity contribution in [3.8, 4) is 0 Å². The fraction of sp³-hybridized carbons (Fsp3) is 0.636. The first-order valence-corrected chi connectivity index (χ1v) is 4.77. The summed E-state index contributed by atoms with van der Waals surface area (Å²) in [6.45, 7) is 10.1. The second-order valence-electron chi connectivity index (χ2n) is 2.80. The predicted octanol–water partition coefficient (Wildman–Crippen LogP) is 1.51. The number of ether oxygens (including phenoxy) is 1. The molecule has 1 unspecified atom stereocenters. The van der Waals surface area contributed by atoms with Crippen LogP contribution >= 0.6 is 0 Å². The quantitative estimate of drug-likeness (QED) is 0.486. The third-order valence-electron chi connectivity index (χ3n) is 1.20. The number of hydrogen-bond donors (Lipinski definition) is 2. The van der Waals surface area contributed by atoms with Gasteiger partial charge in [-0.3, -0.25) is 0 Å². The molecule has 0 saturated carbocycles. The zero-order chi connectivity index (χ0) is 11.2. The van der Waals surface area contributed by atoms with Gasteiger partial charge in [0.15, 0.2) is 0 Å². The summed E-state index contributed by atoms with van der Waals surface area (Å²) >= 11 is 0. The van der Waals surface area contributed by atoms with E-state index in [1.54, 1.807) is 0 Å². The molecule has 84 valence electrons. The Labute approximate surface area is 86.7 Å². The van der Waals surface area contributed by atoms with Crippen LogP contribution in [-0.2, 0) is 4.74 Å². The van der Waals surface area contributed by atoms with E-state index in [0.29, 0.717) is 0 Å². The molecule has 0 aromatic carbocycles. The lowest BCUT2D eigenvalue weighted by Crippen LogP contribution is -2.03. The first-order chi connectivity index (χ1) is 6.68. The van der Waals surface area contributed by atoms with Gasteiger partial charge in [0.1, 0.15) is 0 Å². The summed E-state index contributed by atoms with van der Waals surface area (Å²) < 4.78 is 5.17. The van der Waals surface area contributed by atoms with E-state index in [9.17, 15) is 0 Å². The van der Waals surface area contributed by atoms with Crippen molar-refractivity contribution in [1.29, 1.82) is 0 Å². The minimum atomic E-state index is -0.560. The first kappa shape index (κ1) is 15.8. The Balaban J connectivity index is 0. The summed E-state index contributed by atoms with van der Waals surface area (Å²) in [5.41, 5.74) is 0. The molecule has 0 amide bonds. The molecule has 0 aliphatic carbocycles. The lowest BCUT2D eigenvalue weighted by Gasteiger charge is -1.96. The third-order valence-corrected chi connectivity index (χ3v) is 1.20. The lowest BCUT2D eigenvalue weighted by atomic mass is 10.4. The van der Waals surface area contributed by atoms with E-state index in [-0.39, 0.29) is 6.61 Å². The molecule has 2 N–H and O–H groups in total. The molecule has 0 bridgehead atoms. The van der Waals surface area contributed by atoms with E-state index in [2.05, 4.69) is 13.2 Å². The van der Waals surface area contributed by atoms with Crippen molar-refractivity contribution in [2.75, 3.05) is 19.8 Å². The van der Waals surface area contributed by atoms with Gasteiger partial charge in [-0.2, -0.15) is 0 Å². The standard InChI is InChI=1S/C8H14O.C3H8O2/c1-3-5-7-9-8-6-4-2;1-3(5)2-4/h3-4H,1-2,5-8H2;3-5H,2H2,1H3. The van der Waals surface area contributed by atoms with Crippen LogP contribution in [0.25, 0.3) is 0 Å². The highest BCUT2D eigenvalue weighted by Crippen LogP contribution is 1.85. The summed E-state index contributed by atoms with van der Waals surface area (Å²) in [7, 11) is 0. The van der Waals surface area contributed by atoms with E-state index < -0.39 is 6.10 Å². The third kappa shape index (κ3) is 22.5. The molecule has 0 aliphatic heterocycles. The number of aliphatic hydroxyl groups excluding tert-OH is 2. The van der Waals surface area contributed by atoms with Crippen molar-refractivity contribution < 1.29 is 14.9 Å². The normalized spacial score (nSPS) is 11.1. The minimum absolute atomic E-state index is 0.139. The molecular formula is C11H22O3. The minimum Gasteiger partial charge on any atom is -0.394 e. The molecule has 0 saturated heterocycles. The molecule has 3 nitrogen and oxygen atoms in total. The van der Waals surface area contributed by atoms with E-state index >= 15 is 0 Å². The number of aliphatic hydroxyl groups is 2. The average Bonchev–Trinajstić information content (AvgIpc) is 2.19. The number of rotatable bonds is 7. The van der Waals surface area contributed by atoms with Crippen molar-refractivity contribution in [3.63, 3.8) is 0 Å². The van der Waals surface area contributed by atoms with E-state index in [0.717, 1.165) is 26.1 Å². The van der Waals surface area contributed by atoms with Crippen LogP contribution in [0, 0.1) is 0 Å². The van der Waals surface area contributed by atoms with Gasteiger partial charge >= 0.3 is 0 Å². The van der Waals surface area contributed by atoms with Crippen molar-refractivity contribution in [2.45, 2.75) is 25.9 Å². The zero-order valence-electron chi connectivity index (χ0n) is 8.98. The monoisotopic (exact) mass is 202 g/mol. The zero-order valence-corrected chi connectivity index (χ0v) is 8.98. The Morgan fingerprint density at radius 3 is 1.79 bits per heavy atom. The van der Waals surface area contributed by atoms with Gasteiger partial charge in [0.05, 0.1) is 25.9 Å². The molecule has 0 aromatic rings. The second kappa shape index (κ2) is 14.9. The van der Waals surface area contributed by atoms with E-state index in [1.807, 2.05) is 12.2 Å². The molecule has 0 radical (unpaired) electrons. The van der Waals surface area contributed by atoms with Gasteiger partial charge in [-0.05, 0) is 19.8 Å². The summed E-state index contributed by atoms with van der Waals surface area (Å²) in [5, 5.41) is 16.0. The molecule has 0 rings (SSSR count). The lowest BCUT2D eigenvalue weighted by molar-refractivity contribution is 0.110. The van der Waals surface area contributed by atoms with Crippen LogP contribution in [0.2, 0.25) is 0 Å². The van der Waals surface area contributed by atoms with Crippen molar-refractivity contribution in [2.24, 2.45) is 0 Å². The largest absolute Gasteiger partial charge is 0.394 e. The summed E-state index contributed by atoms with van der Waals surface area (Å²) in [5.74, 6) is 0. The van der Waals surface area contributed by atoms with Gasteiger partial charge in [-0.1, -0.05) is 12.2 Å². The molecule has 14 heavy (non-hydrogen) atoms. The van der Waals surface area contributed by atoms with Gasteiger partial charge in [0.25, 0.3) is 0 Å². The van der Waals surface area contributed by atoms with Crippen molar-refractivity contribution >= 4 is 0 Å². The van der Waals surface area contributed by atoms with Crippen LogP contribution in [0.1, 0.15) is 19.8 Å². The summed E-state index contributed by atoms with van der Waals surface area (Å²) in [6, 6.07) is 0.